The van der Waals surface area contributed by atoms with Crippen LogP contribution in [0.5, 0.6) is 0 Å². The molecule has 0 spiro atoms. The van der Waals surface area contributed by atoms with Crippen LogP contribution in [0.15, 0.2) is 73.2 Å². The first kappa shape index (κ1) is 30.2. The van der Waals surface area contributed by atoms with Crippen molar-refractivity contribution in [3.05, 3.63) is 100 Å². The number of nitrogens with one attached hydrogen (secondary N) is 2. The summed E-state index contributed by atoms with van der Waals surface area (Å²) in [5.74, 6) is -2.56. The zero-order valence-corrected chi connectivity index (χ0v) is 24.5. The molecule has 5 rings (SSSR count). The van der Waals surface area contributed by atoms with Gasteiger partial charge in [-0.25, -0.2) is 14.8 Å². The number of carboxylic acids is 1. The number of carbonyl (C=O) groups excluding carboxylic acids is 1. The number of benzene rings is 2. The lowest BCUT2D eigenvalue weighted by molar-refractivity contribution is -0.142. The van der Waals surface area contributed by atoms with Gasteiger partial charge in [-0.2, -0.15) is 4.39 Å². The second-order valence-corrected chi connectivity index (χ2v) is 11.1. The molecule has 4 aromatic rings. The lowest BCUT2D eigenvalue weighted by Gasteiger charge is -2.33. The Morgan fingerprint density at radius 2 is 1.81 bits per heavy atom. The molecule has 1 amide bonds. The van der Waals surface area contributed by atoms with Gasteiger partial charge in [0.25, 0.3) is 0 Å². The van der Waals surface area contributed by atoms with Crippen molar-refractivity contribution in [2.75, 3.05) is 23.3 Å². The van der Waals surface area contributed by atoms with Gasteiger partial charge < -0.3 is 20.6 Å². The molecule has 1 aliphatic heterocycles. The number of rotatable bonds is 10. The van der Waals surface area contributed by atoms with Crippen LogP contribution >= 0.6 is 23.2 Å². The van der Waals surface area contributed by atoms with Crippen LogP contribution in [0.4, 0.5) is 16.0 Å². The van der Waals surface area contributed by atoms with Gasteiger partial charge in [0, 0.05) is 25.7 Å². The zero-order valence-electron chi connectivity index (χ0n) is 23.0. The van der Waals surface area contributed by atoms with E-state index in [1.807, 2.05) is 42.5 Å². The topological polar surface area (TPSA) is 120 Å². The van der Waals surface area contributed by atoms with Crippen LogP contribution in [0.2, 0.25) is 10.0 Å². The number of pyridine rings is 1. The number of hydrogen-bond acceptors (Lipinski definition) is 7. The molecule has 1 unspecified atom stereocenters. The van der Waals surface area contributed by atoms with Crippen molar-refractivity contribution in [2.45, 2.75) is 31.8 Å². The Balaban J connectivity index is 1.21. The Morgan fingerprint density at radius 3 is 2.53 bits per heavy atom. The minimum Gasteiger partial charge on any atom is -0.480 e. The number of piperidine rings is 1. The molecule has 1 saturated heterocycles. The van der Waals surface area contributed by atoms with Gasteiger partial charge >= 0.3 is 5.97 Å². The van der Waals surface area contributed by atoms with Gasteiger partial charge in [0.15, 0.2) is 11.6 Å². The predicted octanol–water partition coefficient (Wildman–Crippen LogP) is 5.63. The Morgan fingerprint density at radius 1 is 1.02 bits per heavy atom. The maximum Gasteiger partial charge on any atom is 0.326 e. The molecule has 2 aromatic heterocycles. The number of nitrogens with zero attached hydrogens (tertiary/aromatic N) is 4. The van der Waals surface area contributed by atoms with E-state index < -0.39 is 29.7 Å². The first-order chi connectivity index (χ1) is 20.8. The van der Waals surface area contributed by atoms with Crippen LogP contribution in [-0.4, -0.2) is 51.1 Å². The average molecular weight is 624 g/mol. The van der Waals surface area contributed by atoms with Crippen LogP contribution in [-0.2, 0) is 22.6 Å². The number of halogens is 3. The Bertz CT molecular complexity index is 1590. The summed E-state index contributed by atoms with van der Waals surface area (Å²) >= 11 is 12.1. The fourth-order valence-electron chi connectivity index (χ4n) is 5.00. The number of carbonyl (C=O) groups is 2. The van der Waals surface area contributed by atoms with Crippen molar-refractivity contribution in [1.29, 1.82) is 0 Å². The standard InChI is InChI=1S/C31H29Cl2FN6O3/c32-24-11-10-21(15-25(24)33)20-8-6-19(7-9-20)14-26(31(42)43)39-30(41)22-4-3-13-40(17-22)29-27(34)28(37-18-38-29)36-16-23-5-1-2-12-35-23/h1-2,5-12,15,18,22,26H,3-4,13-14,16-17H2,(H,39,41)(H,42,43)(H,36,37,38)/t22?,26-/m0/s1. The number of aliphatic carboxylic acids is 1. The Labute approximate surface area is 258 Å². The smallest absolute Gasteiger partial charge is 0.326 e. The minimum atomic E-state index is -1.14. The fraction of sp³-hybridized carbons (Fsp3) is 0.258. The second-order valence-electron chi connectivity index (χ2n) is 10.2. The predicted molar refractivity (Wildman–Crippen MR) is 164 cm³/mol. The van der Waals surface area contributed by atoms with Crippen LogP contribution in [0.3, 0.4) is 0 Å². The zero-order chi connectivity index (χ0) is 30.3. The maximum absolute atomic E-state index is 15.4. The van der Waals surface area contributed by atoms with Crippen molar-refractivity contribution in [1.82, 2.24) is 20.3 Å². The summed E-state index contributed by atoms with van der Waals surface area (Å²) in [5, 5.41) is 16.4. The van der Waals surface area contributed by atoms with E-state index >= 15 is 4.39 Å². The molecule has 1 fully saturated rings. The van der Waals surface area contributed by atoms with Crippen LogP contribution in [0.1, 0.15) is 24.1 Å². The van der Waals surface area contributed by atoms with Gasteiger partial charge in [0.1, 0.15) is 12.4 Å². The highest BCUT2D eigenvalue weighted by Gasteiger charge is 2.31. The minimum absolute atomic E-state index is 0.0401. The third kappa shape index (κ3) is 7.57. The molecular formula is C31H29Cl2FN6O3. The fourth-order valence-corrected chi connectivity index (χ4v) is 5.30. The number of amides is 1. The van der Waals surface area contributed by atoms with Gasteiger partial charge in [-0.05, 0) is 53.8 Å². The van der Waals surface area contributed by atoms with Gasteiger partial charge in [0.2, 0.25) is 11.7 Å². The molecule has 0 saturated carbocycles. The summed E-state index contributed by atoms with van der Waals surface area (Å²) in [4.78, 5) is 39.4. The highest BCUT2D eigenvalue weighted by Crippen LogP contribution is 2.29. The average Bonchev–Trinajstić information content (AvgIpc) is 3.02. The third-order valence-electron chi connectivity index (χ3n) is 7.29. The summed E-state index contributed by atoms with van der Waals surface area (Å²) in [6, 6.07) is 17.0. The molecule has 43 heavy (non-hydrogen) atoms. The molecule has 0 radical (unpaired) electrons. The summed E-state index contributed by atoms with van der Waals surface area (Å²) in [5.41, 5.74) is 3.25. The van der Waals surface area contributed by atoms with Gasteiger partial charge in [-0.3, -0.25) is 9.78 Å². The molecule has 2 atom stereocenters. The van der Waals surface area contributed by atoms with Crippen LogP contribution in [0, 0.1) is 11.7 Å². The summed E-state index contributed by atoms with van der Waals surface area (Å²) in [7, 11) is 0. The summed E-state index contributed by atoms with van der Waals surface area (Å²) in [6.45, 7) is 0.989. The van der Waals surface area contributed by atoms with Gasteiger partial charge in [-0.15, -0.1) is 0 Å². The first-order valence-corrected chi connectivity index (χ1v) is 14.5. The number of hydrogen-bond donors (Lipinski definition) is 3. The van der Waals surface area contributed by atoms with E-state index in [4.69, 9.17) is 23.2 Å². The second kappa shape index (κ2) is 13.8. The molecule has 0 bridgehead atoms. The largest absolute Gasteiger partial charge is 0.480 e. The van der Waals surface area contributed by atoms with Gasteiger partial charge in [-0.1, -0.05) is 59.6 Å². The van der Waals surface area contributed by atoms with E-state index in [1.165, 1.54) is 6.33 Å². The van der Waals surface area contributed by atoms with Crippen molar-refractivity contribution in [2.24, 2.45) is 5.92 Å². The van der Waals surface area contributed by atoms with Crippen molar-refractivity contribution in [3.8, 4) is 11.1 Å². The van der Waals surface area contributed by atoms with Crippen molar-refractivity contribution >= 4 is 46.7 Å². The first-order valence-electron chi connectivity index (χ1n) is 13.7. The highest BCUT2D eigenvalue weighted by molar-refractivity contribution is 6.42. The van der Waals surface area contributed by atoms with E-state index in [9.17, 15) is 14.7 Å². The molecule has 0 aliphatic carbocycles. The molecule has 1 aliphatic rings. The summed E-state index contributed by atoms with van der Waals surface area (Å²) in [6.07, 6.45) is 4.19. The third-order valence-corrected chi connectivity index (χ3v) is 8.03. The van der Waals surface area contributed by atoms with E-state index in [-0.39, 0.29) is 31.1 Å². The summed E-state index contributed by atoms with van der Waals surface area (Å²) < 4.78 is 15.4. The molecular weight excluding hydrogens is 594 g/mol. The van der Waals surface area contributed by atoms with Gasteiger partial charge in [0.05, 0.1) is 28.2 Å². The maximum atomic E-state index is 15.4. The lowest BCUT2D eigenvalue weighted by Crippen LogP contribution is -2.49. The Kier molecular flexibility index (Phi) is 9.68. The monoisotopic (exact) mass is 622 g/mol. The van der Waals surface area contributed by atoms with Crippen molar-refractivity contribution in [3.63, 3.8) is 0 Å². The van der Waals surface area contributed by atoms with E-state index in [1.54, 1.807) is 29.3 Å². The quantitative estimate of drug-likeness (QED) is 0.208. The molecule has 9 nitrogen and oxygen atoms in total. The van der Waals surface area contributed by atoms with E-state index in [0.717, 1.165) is 22.4 Å². The van der Waals surface area contributed by atoms with Crippen LogP contribution < -0.4 is 15.5 Å². The van der Waals surface area contributed by atoms with E-state index in [2.05, 4.69) is 25.6 Å². The van der Waals surface area contributed by atoms with Crippen LogP contribution in [0.25, 0.3) is 11.1 Å². The molecule has 3 heterocycles. The normalized spacial score (nSPS) is 15.5. The Hall–Kier alpha value is -4.28. The number of anilines is 2. The molecule has 2 aromatic carbocycles. The van der Waals surface area contributed by atoms with Crippen molar-refractivity contribution < 1.29 is 19.1 Å². The highest BCUT2D eigenvalue weighted by atomic mass is 35.5. The molecule has 12 heteroatoms. The molecule has 222 valence electrons. The molecule has 3 N–H and O–H groups in total. The van der Waals surface area contributed by atoms with E-state index in [0.29, 0.717) is 29.4 Å². The lowest BCUT2D eigenvalue weighted by atomic mass is 9.96. The SMILES string of the molecule is O=C(N[C@@H](Cc1ccc(-c2ccc(Cl)c(Cl)c2)cc1)C(=O)O)C1CCCN(c2ncnc(NCc3ccccn3)c2F)C1. The number of aromatic nitrogens is 3. The number of carboxylic acid groups (broad SMARTS) is 1.